The van der Waals surface area contributed by atoms with Gasteiger partial charge < -0.3 is 0 Å². The highest BCUT2D eigenvalue weighted by Crippen LogP contribution is 2.31. The molecule has 0 amide bonds. The number of nitrogens with two attached hydrogens (primary N) is 1. The molecule has 0 spiro atoms. The van der Waals surface area contributed by atoms with Gasteiger partial charge in [-0.3, -0.25) is 5.84 Å². The molecule has 19 heavy (non-hydrogen) atoms. The van der Waals surface area contributed by atoms with E-state index in [-0.39, 0.29) is 11.9 Å². The minimum Gasteiger partial charge on any atom is -0.271 e. The number of allylic oxidation sites excluding steroid dienone is 1. The zero-order valence-corrected chi connectivity index (χ0v) is 12.5. The van der Waals surface area contributed by atoms with Gasteiger partial charge in [-0.05, 0) is 43.9 Å². The van der Waals surface area contributed by atoms with Crippen LogP contribution in [-0.2, 0) is 0 Å². The van der Waals surface area contributed by atoms with E-state index in [1.54, 1.807) is 12.1 Å². The molecule has 0 bridgehead atoms. The Morgan fingerprint density at radius 2 is 2.00 bits per heavy atom. The van der Waals surface area contributed by atoms with E-state index >= 15 is 0 Å². The molecule has 0 aromatic heterocycles. The number of hydrazine groups is 1. The highest BCUT2D eigenvalue weighted by atomic mass is 79.9. The Labute approximate surface area is 122 Å². The van der Waals surface area contributed by atoms with Crippen LogP contribution in [0.1, 0.15) is 50.1 Å². The van der Waals surface area contributed by atoms with E-state index in [2.05, 4.69) is 27.4 Å². The average Bonchev–Trinajstić information content (AvgIpc) is 2.36. The molecule has 104 valence electrons. The van der Waals surface area contributed by atoms with E-state index in [0.29, 0.717) is 5.56 Å². The summed E-state index contributed by atoms with van der Waals surface area (Å²) in [7, 11) is 0. The average molecular weight is 327 g/mol. The number of hydrogen-bond acceptors (Lipinski definition) is 2. The van der Waals surface area contributed by atoms with Crippen molar-refractivity contribution in [3.8, 4) is 0 Å². The fraction of sp³-hybridized carbons (Fsp3) is 0.467. The number of benzene rings is 1. The van der Waals surface area contributed by atoms with Crippen LogP contribution in [0.2, 0.25) is 0 Å². The highest BCUT2D eigenvalue weighted by Gasteiger charge is 2.19. The normalized spacial score (nSPS) is 21.1. The van der Waals surface area contributed by atoms with Crippen LogP contribution >= 0.6 is 15.9 Å². The summed E-state index contributed by atoms with van der Waals surface area (Å²) in [4.78, 5) is 0. The van der Waals surface area contributed by atoms with Crippen LogP contribution in [-0.4, -0.2) is 0 Å². The predicted octanol–water partition coefficient (Wildman–Crippen LogP) is 4.37. The van der Waals surface area contributed by atoms with Crippen LogP contribution in [0.25, 0.3) is 0 Å². The van der Waals surface area contributed by atoms with Gasteiger partial charge in [0.25, 0.3) is 0 Å². The Kier molecular flexibility index (Phi) is 5.55. The second-order valence-corrected chi connectivity index (χ2v) is 5.91. The van der Waals surface area contributed by atoms with E-state index < -0.39 is 0 Å². The Morgan fingerprint density at radius 3 is 2.79 bits per heavy atom. The van der Waals surface area contributed by atoms with Crippen LogP contribution in [0.4, 0.5) is 4.39 Å². The molecule has 0 aliphatic heterocycles. The summed E-state index contributed by atoms with van der Waals surface area (Å²) in [6.07, 6.45) is 9.17. The zero-order valence-electron chi connectivity index (χ0n) is 11.0. The van der Waals surface area contributed by atoms with Gasteiger partial charge in [-0.25, -0.2) is 9.82 Å². The zero-order chi connectivity index (χ0) is 13.7. The van der Waals surface area contributed by atoms with Gasteiger partial charge in [0.2, 0.25) is 0 Å². The summed E-state index contributed by atoms with van der Waals surface area (Å²) in [6, 6.07) is 4.77. The van der Waals surface area contributed by atoms with E-state index in [4.69, 9.17) is 5.84 Å². The summed E-state index contributed by atoms with van der Waals surface area (Å²) in [6.45, 7) is 0. The summed E-state index contributed by atoms with van der Waals surface area (Å²) in [5, 5.41) is 0. The molecule has 3 N–H and O–H groups in total. The lowest BCUT2D eigenvalue weighted by atomic mass is 9.91. The number of nitrogens with one attached hydrogen (secondary N) is 1. The van der Waals surface area contributed by atoms with Crippen molar-refractivity contribution in [2.75, 3.05) is 0 Å². The molecule has 1 aliphatic carbocycles. The first-order valence-electron chi connectivity index (χ1n) is 6.82. The Bertz CT molecular complexity index is 459. The molecule has 4 heteroatoms. The lowest BCUT2D eigenvalue weighted by Gasteiger charge is -2.22. The molecular formula is C15H20BrFN2. The summed E-state index contributed by atoms with van der Waals surface area (Å²) in [5.41, 5.74) is 4.60. The first kappa shape index (κ1) is 14.7. The third-order valence-corrected chi connectivity index (χ3v) is 4.13. The molecule has 1 aromatic rings. The van der Waals surface area contributed by atoms with Gasteiger partial charge in [0.1, 0.15) is 5.82 Å². The fourth-order valence-corrected chi connectivity index (χ4v) is 2.99. The lowest BCUT2D eigenvalue weighted by molar-refractivity contribution is 0.525. The van der Waals surface area contributed by atoms with Gasteiger partial charge in [0, 0.05) is 10.0 Å². The molecule has 1 aromatic carbocycles. The van der Waals surface area contributed by atoms with Crippen molar-refractivity contribution in [2.45, 2.75) is 44.6 Å². The molecule has 1 atom stereocenters. The molecule has 0 fully saturated rings. The second kappa shape index (κ2) is 7.17. The van der Waals surface area contributed by atoms with E-state index in [1.165, 1.54) is 30.9 Å². The third kappa shape index (κ3) is 3.88. The standard InChI is InChI=1S/C15H20BrFN2/c16-12-8-9-14(17)13(10-12)15(19-18)11-6-4-2-1-3-5-7-11/h6,8-10,15,19H,1-5,7,18H2/b11-6+. The van der Waals surface area contributed by atoms with Gasteiger partial charge in [-0.1, -0.05) is 40.4 Å². The smallest absolute Gasteiger partial charge is 0.128 e. The first-order chi connectivity index (χ1) is 9.22. The van der Waals surface area contributed by atoms with Gasteiger partial charge >= 0.3 is 0 Å². The van der Waals surface area contributed by atoms with Crippen LogP contribution in [0.5, 0.6) is 0 Å². The third-order valence-electron chi connectivity index (χ3n) is 3.63. The molecule has 0 heterocycles. The molecule has 1 unspecified atom stereocenters. The van der Waals surface area contributed by atoms with Crippen LogP contribution < -0.4 is 11.3 Å². The van der Waals surface area contributed by atoms with Crippen molar-refractivity contribution in [2.24, 2.45) is 5.84 Å². The van der Waals surface area contributed by atoms with Crippen LogP contribution in [0.3, 0.4) is 0 Å². The molecular weight excluding hydrogens is 307 g/mol. The van der Waals surface area contributed by atoms with Crippen molar-refractivity contribution < 1.29 is 4.39 Å². The SMILES string of the molecule is NNC(/C1=C/CCCCCC1)c1cc(Br)ccc1F. The minimum absolute atomic E-state index is 0.214. The van der Waals surface area contributed by atoms with Crippen molar-refractivity contribution in [3.05, 3.63) is 45.7 Å². The Morgan fingerprint density at radius 1 is 1.21 bits per heavy atom. The maximum absolute atomic E-state index is 14.0. The highest BCUT2D eigenvalue weighted by molar-refractivity contribution is 9.10. The number of rotatable bonds is 3. The van der Waals surface area contributed by atoms with Crippen molar-refractivity contribution >= 4 is 15.9 Å². The number of halogens is 2. The summed E-state index contributed by atoms with van der Waals surface area (Å²) < 4.78 is 14.9. The topological polar surface area (TPSA) is 38.0 Å². The maximum atomic E-state index is 14.0. The van der Waals surface area contributed by atoms with Gasteiger partial charge in [-0.15, -0.1) is 0 Å². The Balaban J connectivity index is 2.29. The van der Waals surface area contributed by atoms with Crippen molar-refractivity contribution in [1.29, 1.82) is 0 Å². The molecule has 1 aliphatic rings. The monoisotopic (exact) mass is 326 g/mol. The predicted molar refractivity (Wildman–Crippen MR) is 79.9 cm³/mol. The van der Waals surface area contributed by atoms with E-state index in [0.717, 1.165) is 23.7 Å². The summed E-state index contributed by atoms with van der Waals surface area (Å²) in [5.74, 6) is 5.46. The lowest BCUT2D eigenvalue weighted by Crippen LogP contribution is -2.30. The van der Waals surface area contributed by atoms with Crippen LogP contribution in [0.15, 0.2) is 34.3 Å². The van der Waals surface area contributed by atoms with E-state index in [1.807, 2.05) is 0 Å². The maximum Gasteiger partial charge on any atom is 0.128 e. The van der Waals surface area contributed by atoms with Crippen molar-refractivity contribution in [3.63, 3.8) is 0 Å². The van der Waals surface area contributed by atoms with Crippen molar-refractivity contribution in [1.82, 2.24) is 5.43 Å². The largest absolute Gasteiger partial charge is 0.271 e. The van der Waals surface area contributed by atoms with Gasteiger partial charge in [0.15, 0.2) is 0 Å². The molecule has 0 saturated carbocycles. The molecule has 2 rings (SSSR count). The number of hydrogen-bond donors (Lipinski definition) is 2. The quantitative estimate of drug-likeness (QED) is 0.491. The van der Waals surface area contributed by atoms with Crippen LogP contribution in [0, 0.1) is 5.82 Å². The second-order valence-electron chi connectivity index (χ2n) is 5.00. The molecule has 0 saturated heterocycles. The minimum atomic E-state index is -0.226. The molecule has 0 radical (unpaired) electrons. The Hall–Kier alpha value is -0.710. The van der Waals surface area contributed by atoms with Gasteiger partial charge in [-0.2, -0.15) is 0 Å². The van der Waals surface area contributed by atoms with Gasteiger partial charge in [0.05, 0.1) is 6.04 Å². The fourth-order valence-electron chi connectivity index (χ4n) is 2.61. The first-order valence-corrected chi connectivity index (χ1v) is 7.61. The summed E-state index contributed by atoms with van der Waals surface area (Å²) >= 11 is 3.39. The molecule has 2 nitrogen and oxygen atoms in total. The van der Waals surface area contributed by atoms with E-state index in [9.17, 15) is 4.39 Å².